The van der Waals surface area contributed by atoms with Crippen molar-refractivity contribution in [2.75, 3.05) is 20.0 Å². The molecule has 21 heavy (non-hydrogen) atoms. The lowest BCUT2D eigenvalue weighted by Gasteiger charge is -2.17. The lowest BCUT2D eigenvalue weighted by molar-refractivity contribution is 0.352. The molecule has 0 spiro atoms. The fraction of sp³-hybridized carbons (Fsp3) is 0.286. The van der Waals surface area contributed by atoms with Gasteiger partial charge >= 0.3 is 0 Å². The first kappa shape index (κ1) is 15.0. The summed E-state index contributed by atoms with van der Waals surface area (Å²) in [7, 11) is 2.60. The molecule has 112 valence electrons. The molecule has 0 aliphatic heterocycles. The van der Waals surface area contributed by atoms with Crippen molar-refractivity contribution in [1.29, 1.82) is 0 Å². The van der Waals surface area contributed by atoms with Crippen molar-refractivity contribution >= 4 is 5.95 Å². The lowest BCUT2D eigenvalue weighted by atomic mass is 9.93. The number of halogens is 2. The Bertz CT molecular complexity index is 619. The molecule has 5 nitrogen and oxygen atoms in total. The standard InChI is InChI=1S/C14H15F2N3O2/c1-7(8-5-18-14(17)19-6-8)11-12(15)9(20-2)4-10(21-3)13(11)16/h4-7H,1-3H3,(H2,17,18,19). The Labute approximate surface area is 120 Å². The predicted octanol–water partition coefficient (Wildman–Crippen LogP) is 2.51. The topological polar surface area (TPSA) is 70.3 Å². The SMILES string of the molecule is COc1cc(OC)c(F)c(C(C)c2cnc(N)nc2)c1F. The molecule has 2 rings (SSSR count). The van der Waals surface area contributed by atoms with Gasteiger partial charge in [0.2, 0.25) is 5.95 Å². The van der Waals surface area contributed by atoms with E-state index in [9.17, 15) is 8.78 Å². The predicted molar refractivity (Wildman–Crippen MR) is 73.4 cm³/mol. The molecule has 1 atom stereocenters. The van der Waals surface area contributed by atoms with E-state index < -0.39 is 17.6 Å². The van der Waals surface area contributed by atoms with Crippen LogP contribution in [0.15, 0.2) is 18.5 Å². The number of hydrogen-bond acceptors (Lipinski definition) is 5. The normalized spacial score (nSPS) is 12.0. The maximum atomic E-state index is 14.4. The van der Waals surface area contributed by atoms with Crippen LogP contribution in [0.25, 0.3) is 0 Å². The molecular weight excluding hydrogens is 280 g/mol. The van der Waals surface area contributed by atoms with Gasteiger partial charge in [0.15, 0.2) is 23.1 Å². The lowest BCUT2D eigenvalue weighted by Crippen LogP contribution is -2.08. The van der Waals surface area contributed by atoms with Crippen molar-refractivity contribution in [3.8, 4) is 11.5 Å². The van der Waals surface area contributed by atoms with E-state index >= 15 is 0 Å². The Kier molecular flexibility index (Phi) is 4.21. The molecule has 1 aromatic carbocycles. The smallest absolute Gasteiger partial charge is 0.219 e. The van der Waals surface area contributed by atoms with Gasteiger partial charge in [0.25, 0.3) is 0 Å². The Morgan fingerprint density at radius 1 is 1.05 bits per heavy atom. The van der Waals surface area contributed by atoms with E-state index in [0.717, 1.165) is 0 Å². The summed E-state index contributed by atoms with van der Waals surface area (Å²) in [6, 6.07) is 1.17. The van der Waals surface area contributed by atoms with Gasteiger partial charge in [-0.2, -0.15) is 0 Å². The van der Waals surface area contributed by atoms with Crippen molar-refractivity contribution in [3.05, 3.63) is 41.2 Å². The first-order chi connectivity index (χ1) is 9.99. The molecule has 0 radical (unpaired) electrons. The molecule has 1 heterocycles. The van der Waals surface area contributed by atoms with Crippen LogP contribution in [0.1, 0.15) is 24.0 Å². The van der Waals surface area contributed by atoms with Gasteiger partial charge < -0.3 is 15.2 Å². The van der Waals surface area contributed by atoms with Crippen molar-refractivity contribution in [2.24, 2.45) is 0 Å². The van der Waals surface area contributed by atoms with Gasteiger partial charge in [-0.15, -0.1) is 0 Å². The highest BCUT2D eigenvalue weighted by atomic mass is 19.1. The van der Waals surface area contributed by atoms with E-state index in [1.807, 2.05) is 0 Å². The van der Waals surface area contributed by atoms with Gasteiger partial charge in [-0.1, -0.05) is 6.92 Å². The largest absolute Gasteiger partial charge is 0.494 e. The Hall–Kier alpha value is -2.44. The van der Waals surface area contributed by atoms with Crippen molar-refractivity contribution in [1.82, 2.24) is 9.97 Å². The Balaban J connectivity index is 2.58. The van der Waals surface area contributed by atoms with Gasteiger partial charge in [-0.3, -0.25) is 0 Å². The average Bonchev–Trinajstić information content (AvgIpc) is 2.48. The number of rotatable bonds is 4. The fourth-order valence-electron chi connectivity index (χ4n) is 2.02. The average molecular weight is 295 g/mol. The molecular formula is C14H15F2N3O2. The van der Waals surface area contributed by atoms with Crippen LogP contribution >= 0.6 is 0 Å². The third-order valence-corrected chi connectivity index (χ3v) is 3.23. The second-order valence-electron chi connectivity index (χ2n) is 4.42. The van der Waals surface area contributed by atoms with Crippen LogP contribution in [0.2, 0.25) is 0 Å². The minimum absolute atomic E-state index is 0.0912. The van der Waals surface area contributed by atoms with E-state index in [1.54, 1.807) is 6.92 Å². The third-order valence-electron chi connectivity index (χ3n) is 3.23. The van der Waals surface area contributed by atoms with Crippen LogP contribution in [0, 0.1) is 11.6 Å². The summed E-state index contributed by atoms with van der Waals surface area (Å²) in [6.45, 7) is 1.63. The minimum Gasteiger partial charge on any atom is -0.494 e. The van der Waals surface area contributed by atoms with Crippen molar-refractivity contribution in [2.45, 2.75) is 12.8 Å². The van der Waals surface area contributed by atoms with Gasteiger partial charge in [-0.05, 0) is 5.56 Å². The summed E-state index contributed by atoms with van der Waals surface area (Å²) in [5.74, 6) is -2.28. The first-order valence-corrected chi connectivity index (χ1v) is 6.16. The number of nitrogens with zero attached hydrogens (tertiary/aromatic N) is 2. The summed E-state index contributed by atoms with van der Waals surface area (Å²) < 4.78 is 38.6. The zero-order valence-electron chi connectivity index (χ0n) is 11.9. The number of hydrogen-bond donors (Lipinski definition) is 1. The number of aromatic nitrogens is 2. The van der Waals surface area contributed by atoms with E-state index in [4.69, 9.17) is 15.2 Å². The van der Waals surface area contributed by atoms with Gasteiger partial charge in [-0.25, -0.2) is 18.7 Å². The number of nitrogens with two attached hydrogens (primary N) is 1. The zero-order valence-corrected chi connectivity index (χ0v) is 11.9. The van der Waals surface area contributed by atoms with Crippen LogP contribution in [0.3, 0.4) is 0 Å². The number of ether oxygens (including phenoxy) is 2. The molecule has 0 saturated heterocycles. The van der Waals surface area contributed by atoms with Gasteiger partial charge in [0, 0.05) is 29.9 Å². The second-order valence-corrected chi connectivity index (χ2v) is 4.42. The molecule has 0 aliphatic rings. The maximum Gasteiger partial charge on any atom is 0.219 e. The molecule has 0 aliphatic carbocycles. The zero-order chi connectivity index (χ0) is 15.6. The number of benzene rings is 1. The van der Waals surface area contributed by atoms with E-state index in [2.05, 4.69) is 9.97 Å². The number of methoxy groups -OCH3 is 2. The number of nitrogen functional groups attached to an aromatic ring is 1. The quantitative estimate of drug-likeness (QED) is 0.938. The summed E-state index contributed by atoms with van der Waals surface area (Å²) in [4.78, 5) is 7.66. The summed E-state index contributed by atoms with van der Waals surface area (Å²) >= 11 is 0. The van der Waals surface area contributed by atoms with Gasteiger partial charge in [0.05, 0.1) is 14.2 Å². The molecule has 0 saturated carbocycles. The summed E-state index contributed by atoms with van der Waals surface area (Å²) in [5, 5.41) is 0. The van der Waals surface area contributed by atoms with E-state index in [-0.39, 0.29) is 23.0 Å². The first-order valence-electron chi connectivity index (χ1n) is 6.16. The van der Waals surface area contributed by atoms with E-state index in [1.165, 1.54) is 32.7 Å². The van der Waals surface area contributed by atoms with E-state index in [0.29, 0.717) is 5.56 Å². The van der Waals surface area contributed by atoms with Gasteiger partial charge in [0.1, 0.15) is 0 Å². The fourth-order valence-corrected chi connectivity index (χ4v) is 2.02. The molecule has 0 bridgehead atoms. The highest BCUT2D eigenvalue weighted by Gasteiger charge is 2.25. The van der Waals surface area contributed by atoms with Crippen LogP contribution in [0.4, 0.5) is 14.7 Å². The third kappa shape index (κ3) is 2.72. The molecule has 0 fully saturated rings. The molecule has 1 aromatic heterocycles. The van der Waals surface area contributed by atoms with Crippen molar-refractivity contribution in [3.63, 3.8) is 0 Å². The van der Waals surface area contributed by atoms with Crippen LogP contribution in [-0.2, 0) is 0 Å². The monoisotopic (exact) mass is 295 g/mol. The maximum absolute atomic E-state index is 14.4. The molecule has 1 unspecified atom stereocenters. The Morgan fingerprint density at radius 3 is 1.95 bits per heavy atom. The molecule has 0 amide bonds. The Morgan fingerprint density at radius 2 is 1.52 bits per heavy atom. The van der Waals surface area contributed by atoms with Crippen LogP contribution in [-0.4, -0.2) is 24.2 Å². The highest BCUT2D eigenvalue weighted by molar-refractivity contribution is 5.45. The van der Waals surface area contributed by atoms with Crippen LogP contribution < -0.4 is 15.2 Å². The summed E-state index contributed by atoms with van der Waals surface area (Å²) in [5.41, 5.74) is 5.76. The van der Waals surface area contributed by atoms with Crippen LogP contribution in [0.5, 0.6) is 11.5 Å². The number of anilines is 1. The summed E-state index contributed by atoms with van der Waals surface area (Å²) in [6.07, 6.45) is 2.86. The molecule has 7 heteroatoms. The molecule has 2 aromatic rings. The second kappa shape index (κ2) is 5.90. The molecule has 2 N–H and O–H groups in total. The van der Waals surface area contributed by atoms with Crippen molar-refractivity contribution < 1.29 is 18.3 Å². The highest BCUT2D eigenvalue weighted by Crippen LogP contribution is 2.37. The minimum atomic E-state index is -0.778.